The Morgan fingerprint density at radius 3 is 2.80 bits per heavy atom. The molecule has 2 aromatic heterocycles. The quantitative estimate of drug-likeness (QED) is 0.493. The van der Waals surface area contributed by atoms with Crippen LogP contribution in [0.15, 0.2) is 36.4 Å². The van der Waals surface area contributed by atoms with Crippen LogP contribution in [0.25, 0.3) is 16.2 Å². The minimum Gasteiger partial charge on any atom is -0.489 e. The number of benzene rings is 1. The van der Waals surface area contributed by atoms with Crippen LogP contribution in [0.2, 0.25) is 0 Å². The number of rotatable bonds is 5. The molecular formula is C20H20N2O2S. The van der Waals surface area contributed by atoms with Crippen molar-refractivity contribution in [3.8, 4) is 17.0 Å². The predicted octanol–water partition coefficient (Wildman–Crippen LogP) is 4.71. The van der Waals surface area contributed by atoms with Crippen molar-refractivity contribution in [1.29, 1.82) is 0 Å². The van der Waals surface area contributed by atoms with E-state index in [0.717, 1.165) is 46.7 Å². The molecule has 4 rings (SSSR count). The molecule has 0 unspecified atom stereocenters. The summed E-state index contributed by atoms with van der Waals surface area (Å²) in [7, 11) is 0. The number of hydrogen-bond donors (Lipinski definition) is 0. The number of thiazole rings is 1. The van der Waals surface area contributed by atoms with E-state index >= 15 is 0 Å². The fraction of sp³-hybridized carbons (Fsp3) is 0.300. The molecule has 0 radical (unpaired) electrons. The van der Waals surface area contributed by atoms with Gasteiger partial charge in [-0.25, -0.2) is 4.98 Å². The first-order valence-corrected chi connectivity index (χ1v) is 9.35. The second-order valence-corrected chi connectivity index (χ2v) is 7.59. The number of hydrogen-bond acceptors (Lipinski definition) is 4. The lowest BCUT2D eigenvalue weighted by Crippen LogP contribution is -2.04. The lowest BCUT2D eigenvalue weighted by atomic mass is 10.0. The molecule has 3 aromatic rings. The average molecular weight is 352 g/mol. The van der Waals surface area contributed by atoms with Gasteiger partial charge in [0.05, 0.1) is 0 Å². The highest BCUT2D eigenvalue weighted by Gasteiger charge is 2.22. The summed E-state index contributed by atoms with van der Waals surface area (Å²) in [4.78, 5) is 18.9. The first-order valence-electron chi connectivity index (χ1n) is 8.53. The summed E-state index contributed by atoms with van der Waals surface area (Å²) in [6.07, 6.45) is 5.47. The molecule has 5 heteroatoms. The molecule has 1 aromatic carbocycles. The molecule has 128 valence electrons. The van der Waals surface area contributed by atoms with Crippen molar-refractivity contribution in [2.24, 2.45) is 0 Å². The fourth-order valence-corrected chi connectivity index (χ4v) is 4.51. The number of aldehydes is 1. The topological polar surface area (TPSA) is 43.6 Å². The van der Waals surface area contributed by atoms with E-state index in [1.807, 2.05) is 31.2 Å². The molecule has 2 heterocycles. The zero-order valence-corrected chi connectivity index (χ0v) is 15.1. The van der Waals surface area contributed by atoms with E-state index in [9.17, 15) is 4.79 Å². The van der Waals surface area contributed by atoms with Gasteiger partial charge in [0.15, 0.2) is 11.2 Å². The summed E-state index contributed by atoms with van der Waals surface area (Å²) < 4.78 is 7.70. The largest absolute Gasteiger partial charge is 0.489 e. The van der Waals surface area contributed by atoms with Gasteiger partial charge in [0.25, 0.3) is 0 Å². The zero-order chi connectivity index (χ0) is 17.4. The van der Waals surface area contributed by atoms with E-state index in [2.05, 4.69) is 11.0 Å². The van der Waals surface area contributed by atoms with Crippen LogP contribution in [0, 0.1) is 0 Å². The van der Waals surface area contributed by atoms with Crippen LogP contribution in [0.4, 0.5) is 0 Å². The minimum absolute atomic E-state index is 0.505. The van der Waals surface area contributed by atoms with Crippen LogP contribution in [0.5, 0.6) is 5.75 Å². The third-order valence-corrected chi connectivity index (χ3v) is 5.62. The monoisotopic (exact) mass is 352 g/mol. The van der Waals surface area contributed by atoms with E-state index in [1.165, 1.54) is 23.4 Å². The molecule has 0 saturated heterocycles. The van der Waals surface area contributed by atoms with Crippen molar-refractivity contribution in [1.82, 2.24) is 9.38 Å². The molecule has 0 N–H and O–H groups in total. The molecule has 0 spiro atoms. The van der Waals surface area contributed by atoms with Gasteiger partial charge in [-0.2, -0.15) is 0 Å². The Kier molecular flexibility index (Phi) is 4.17. The number of ether oxygens (including phenoxy) is 1. The molecule has 25 heavy (non-hydrogen) atoms. The van der Waals surface area contributed by atoms with Gasteiger partial charge in [-0.15, -0.1) is 11.3 Å². The van der Waals surface area contributed by atoms with Crippen molar-refractivity contribution in [2.45, 2.75) is 32.6 Å². The third kappa shape index (κ3) is 2.89. The van der Waals surface area contributed by atoms with Crippen molar-refractivity contribution in [3.05, 3.63) is 52.7 Å². The van der Waals surface area contributed by atoms with Crippen molar-refractivity contribution in [3.63, 3.8) is 0 Å². The number of imidazole rings is 1. The number of nitrogens with zero attached hydrogens (tertiary/aromatic N) is 2. The second-order valence-electron chi connectivity index (χ2n) is 6.53. The maximum atomic E-state index is 11.8. The zero-order valence-electron chi connectivity index (χ0n) is 14.2. The van der Waals surface area contributed by atoms with Crippen LogP contribution in [0.1, 0.15) is 40.8 Å². The Labute approximate surface area is 150 Å². The van der Waals surface area contributed by atoms with Gasteiger partial charge in [-0.1, -0.05) is 6.58 Å². The summed E-state index contributed by atoms with van der Waals surface area (Å²) >= 11 is 1.72. The molecular weight excluding hydrogens is 332 g/mol. The Hall–Kier alpha value is -2.40. The normalized spacial score (nSPS) is 13.6. The van der Waals surface area contributed by atoms with Crippen LogP contribution < -0.4 is 4.74 Å². The molecule has 0 atom stereocenters. The smallest absolute Gasteiger partial charge is 0.195 e. The number of fused-ring (bicyclic) bond motifs is 3. The maximum absolute atomic E-state index is 11.8. The Balaban J connectivity index is 1.72. The highest BCUT2D eigenvalue weighted by molar-refractivity contribution is 7.17. The lowest BCUT2D eigenvalue weighted by molar-refractivity contribution is 0.111. The number of aryl methyl sites for hydroxylation is 2. The summed E-state index contributed by atoms with van der Waals surface area (Å²) in [5.74, 6) is 0.790. The van der Waals surface area contributed by atoms with Gasteiger partial charge in [0, 0.05) is 16.1 Å². The fourth-order valence-electron chi connectivity index (χ4n) is 3.30. The van der Waals surface area contributed by atoms with Gasteiger partial charge < -0.3 is 4.74 Å². The predicted molar refractivity (Wildman–Crippen MR) is 101 cm³/mol. The van der Waals surface area contributed by atoms with Gasteiger partial charge >= 0.3 is 0 Å². The molecule has 0 bridgehead atoms. The summed E-state index contributed by atoms with van der Waals surface area (Å²) in [5, 5.41) is 0. The molecule has 1 aliphatic carbocycles. The Morgan fingerprint density at radius 2 is 2.08 bits per heavy atom. The third-order valence-electron chi connectivity index (χ3n) is 4.48. The molecule has 1 aliphatic rings. The van der Waals surface area contributed by atoms with E-state index in [1.54, 1.807) is 11.3 Å². The number of aromatic nitrogens is 2. The minimum atomic E-state index is 0.505. The van der Waals surface area contributed by atoms with Crippen molar-refractivity contribution in [2.75, 3.05) is 6.61 Å². The van der Waals surface area contributed by atoms with Gasteiger partial charge in [-0.05, 0) is 62.4 Å². The number of carbonyl (C=O) groups excluding carboxylic acids is 1. The summed E-state index contributed by atoms with van der Waals surface area (Å²) in [6, 6.07) is 7.74. The van der Waals surface area contributed by atoms with Crippen LogP contribution in [0.3, 0.4) is 0 Å². The van der Waals surface area contributed by atoms with Gasteiger partial charge in [0.2, 0.25) is 0 Å². The van der Waals surface area contributed by atoms with E-state index in [-0.39, 0.29) is 0 Å². The molecule has 0 amide bonds. The van der Waals surface area contributed by atoms with Crippen LogP contribution >= 0.6 is 11.3 Å². The summed E-state index contributed by atoms with van der Waals surface area (Å²) in [6.45, 7) is 6.28. The highest BCUT2D eigenvalue weighted by atomic mass is 32.1. The van der Waals surface area contributed by atoms with Crippen LogP contribution in [-0.4, -0.2) is 22.3 Å². The van der Waals surface area contributed by atoms with Crippen molar-refractivity contribution >= 4 is 22.6 Å². The first-order chi connectivity index (χ1) is 12.2. The van der Waals surface area contributed by atoms with E-state index in [4.69, 9.17) is 9.72 Å². The molecule has 0 aliphatic heterocycles. The van der Waals surface area contributed by atoms with Gasteiger partial charge in [-0.3, -0.25) is 9.20 Å². The molecule has 4 nitrogen and oxygen atoms in total. The molecule has 0 fully saturated rings. The SMILES string of the molecule is C=C(C)COc1ccc(-c2nc3sc4c(n3c2C=O)CCCC4)cc1. The van der Waals surface area contributed by atoms with E-state index < -0.39 is 0 Å². The molecule has 0 saturated carbocycles. The van der Waals surface area contributed by atoms with E-state index in [0.29, 0.717) is 12.3 Å². The van der Waals surface area contributed by atoms with Crippen molar-refractivity contribution < 1.29 is 9.53 Å². The second kappa shape index (κ2) is 6.48. The Bertz CT molecular complexity index is 950. The van der Waals surface area contributed by atoms with Crippen LogP contribution in [-0.2, 0) is 12.8 Å². The number of carbonyl (C=O) groups is 1. The maximum Gasteiger partial charge on any atom is 0.195 e. The average Bonchev–Trinajstić information content (AvgIpc) is 3.16. The lowest BCUT2D eigenvalue weighted by Gasteiger charge is -2.11. The van der Waals surface area contributed by atoms with Gasteiger partial charge in [0.1, 0.15) is 23.7 Å². The highest BCUT2D eigenvalue weighted by Crippen LogP contribution is 2.34. The Morgan fingerprint density at radius 1 is 1.32 bits per heavy atom. The summed E-state index contributed by atoms with van der Waals surface area (Å²) in [5.41, 5.74) is 4.59. The standard InChI is InChI=1S/C20H20N2O2S/c1-13(2)12-24-15-9-7-14(8-10-15)19-17(11-23)22-16-5-3-4-6-18(16)25-20(22)21-19/h7-11H,1,3-6,12H2,2H3. The first kappa shape index (κ1) is 16.1.